The van der Waals surface area contributed by atoms with Crippen LogP contribution in [0.3, 0.4) is 0 Å². The Labute approximate surface area is 81.9 Å². The van der Waals surface area contributed by atoms with E-state index in [4.69, 9.17) is 0 Å². The Morgan fingerprint density at radius 3 is 2.23 bits per heavy atom. The number of hydrogen-bond donors (Lipinski definition) is 1. The van der Waals surface area contributed by atoms with Crippen LogP contribution in [-0.4, -0.2) is 35.2 Å². The summed E-state index contributed by atoms with van der Waals surface area (Å²) in [6.07, 6.45) is 3.24. The smallest absolute Gasteiger partial charge is 0.0695 e. The fourth-order valence-electron chi connectivity index (χ4n) is 2.17. The largest absolute Gasteiger partial charge is 0.391 e. The summed E-state index contributed by atoms with van der Waals surface area (Å²) < 4.78 is 0. The Morgan fingerprint density at radius 2 is 1.85 bits per heavy atom. The molecule has 1 saturated carbocycles. The number of aliphatic hydroxyl groups excluding tert-OH is 1. The number of aliphatic hydroxyl groups is 1. The van der Waals surface area contributed by atoms with Gasteiger partial charge in [0, 0.05) is 12.1 Å². The molecule has 0 heterocycles. The average Bonchev–Trinajstić information content (AvgIpc) is 2.48. The second-order valence-corrected chi connectivity index (χ2v) is 4.72. The van der Waals surface area contributed by atoms with Gasteiger partial charge in [-0.15, -0.1) is 0 Å². The minimum Gasteiger partial charge on any atom is -0.391 e. The van der Waals surface area contributed by atoms with Crippen LogP contribution in [0.1, 0.15) is 40.0 Å². The second kappa shape index (κ2) is 4.43. The summed E-state index contributed by atoms with van der Waals surface area (Å²) in [6, 6.07) is 0.968. The molecule has 1 fully saturated rings. The van der Waals surface area contributed by atoms with Gasteiger partial charge in [0.2, 0.25) is 0 Å². The molecule has 0 aromatic heterocycles. The Balaban J connectivity index is 2.50. The molecule has 1 N–H and O–H groups in total. The lowest BCUT2D eigenvalue weighted by molar-refractivity contribution is 0.0534. The average molecular weight is 185 g/mol. The fraction of sp³-hybridized carbons (Fsp3) is 1.00. The summed E-state index contributed by atoms with van der Waals surface area (Å²) in [5, 5.41) is 9.75. The van der Waals surface area contributed by atoms with Crippen LogP contribution in [0.4, 0.5) is 0 Å². The van der Waals surface area contributed by atoms with Gasteiger partial charge in [0.25, 0.3) is 0 Å². The zero-order valence-electron chi connectivity index (χ0n) is 9.33. The van der Waals surface area contributed by atoms with Crippen molar-refractivity contribution in [2.45, 2.75) is 58.2 Å². The molecular weight excluding hydrogens is 162 g/mol. The fourth-order valence-corrected chi connectivity index (χ4v) is 2.17. The Kier molecular flexibility index (Phi) is 3.74. The summed E-state index contributed by atoms with van der Waals surface area (Å²) >= 11 is 0. The van der Waals surface area contributed by atoms with Gasteiger partial charge in [-0.3, -0.25) is 4.90 Å². The first kappa shape index (κ1) is 11.0. The van der Waals surface area contributed by atoms with Crippen molar-refractivity contribution in [3.05, 3.63) is 0 Å². The third-order valence-electron chi connectivity index (χ3n) is 3.57. The lowest BCUT2D eigenvalue weighted by atomic mass is 10.0. The van der Waals surface area contributed by atoms with E-state index in [-0.39, 0.29) is 6.10 Å². The van der Waals surface area contributed by atoms with Crippen molar-refractivity contribution in [2.24, 2.45) is 5.92 Å². The maximum absolute atomic E-state index is 9.75. The quantitative estimate of drug-likeness (QED) is 0.725. The molecule has 0 saturated heterocycles. The molecule has 2 nitrogen and oxygen atoms in total. The highest BCUT2D eigenvalue weighted by Crippen LogP contribution is 2.26. The molecule has 0 amide bonds. The summed E-state index contributed by atoms with van der Waals surface area (Å²) in [7, 11) is 2.14. The van der Waals surface area contributed by atoms with Gasteiger partial charge >= 0.3 is 0 Å². The summed E-state index contributed by atoms with van der Waals surface area (Å²) in [4.78, 5) is 2.35. The van der Waals surface area contributed by atoms with Gasteiger partial charge in [0.05, 0.1) is 6.10 Å². The Hall–Kier alpha value is -0.0800. The van der Waals surface area contributed by atoms with E-state index < -0.39 is 0 Å². The molecule has 0 aromatic carbocycles. The molecule has 3 atom stereocenters. The molecule has 1 rings (SSSR count). The normalized spacial score (nSPS) is 31.6. The second-order valence-electron chi connectivity index (χ2n) is 4.72. The minimum atomic E-state index is -0.0915. The molecule has 1 unspecified atom stereocenters. The van der Waals surface area contributed by atoms with Crippen LogP contribution in [0.5, 0.6) is 0 Å². The van der Waals surface area contributed by atoms with Gasteiger partial charge in [-0.2, -0.15) is 0 Å². The highest BCUT2D eigenvalue weighted by Gasteiger charge is 2.31. The van der Waals surface area contributed by atoms with E-state index >= 15 is 0 Å². The lowest BCUT2D eigenvalue weighted by Gasteiger charge is -2.34. The molecule has 0 bridgehead atoms. The summed E-state index contributed by atoms with van der Waals surface area (Å²) in [5.74, 6) is 0.665. The minimum absolute atomic E-state index is 0.0915. The van der Waals surface area contributed by atoms with Gasteiger partial charge < -0.3 is 5.11 Å². The van der Waals surface area contributed by atoms with Gasteiger partial charge in [-0.25, -0.2) is 0 Å². The van der Waals surface area contributed by atoms with Gasteiger partial charge in [0.1, 0.15) is 0 Å². The number of hydrogen-bond acceptors (Lipinski definition) is 2. The molecule has 1 aliphatic rings. The lowest BCUT2D eigenvalue weighted by Crippen LogP contribution is -2.44. The van der Waals surface area contributed by atoms with E-state index in [0.717, 1.165) is 12.8 Å². The molecule has 13 heavy (non-hydrogen) atoms. The van der Waals surface area contributed by atoms with Crippen LogP contribution in [0, 0.1) is 5.92 Å². The predicted molar refractivity (Wildman–Crippen MR) is 55.7 cm³/mol. The first-order valence-electron chi connectivity index (χ1n) is 5.44. The van der Waals surface area contributed by atoms with E-state index in [2.05, 4.69) is 32.7 Å². The molecule has 2 heteroatoms. The van der Waals surface area contributed by atoms with Gasteiger partial charge in [0.15, 0.2) is 0 Å². The molecule has 0 aromatic rings. The molecular formula is C11H23NO. The van der Waals surface area contributed by atoms with Crippen molar-refractivity contribution in [3.8, 4) is 0 Å². The number of likely N-dealkylation sites (N-methyl/N-ethyl adjacent to an activating group) is 1. The predicted octanol–water partition coefficient (Wildman–Crippen LogP) is 1.88. The molecule has 1 aliphatic carbocycles. The van der Waals surface area contributed by atoms with Crippen molar-refractivity contribution < 1.29 is 5.11 Å². The van der Waals surface area contributed by atoms with Crippen molar-refractivity contribution in [1.82, 2.24) is 4.90 Å². The third kappa shape index (κ3) is 2.44. The van der Waals surface area contributed by atoms with E-state index in [1.807, 2.05) is 0 Å². The van der Waals surface area contributed by atoms with Gasteiger partial charge in [-0.05, 0) is 39.2 Å². The zero-order chi connectivity index (χ0) is 10.0. The maximum Gasteiger partial charge on any atom is 0.0695 e. The third-order valence-corrected chi connectivity index (χ3v) is 3.57. The van der Waals surface area contributed by atoms with E-state index in [1.54, 1.807) is 0 Å². The number of rotatable bonds is 3. The van der Waals surface area contributed by atoms with Crippen molar-refractivity contribution in [1.29, 1.82) is 0 Å². The molecule has 0 spiro atoms. The summed E-state index contributed by atoms with van der Waals surface area (Å²) in [5.41, 5.74) is 0. The highest BCUT2D eigenvalue weighted by atomic mass is 16.3. The molecule has 78 valence electrons. The van der Waals surface area contributed by atoms with Crippen LogP contribution in [0.25, 0.3) is 0 Å². The van der Waals surface area contributed by atoms with Crippen LogP contribution < -0.4 is 0 Å². The first-order valence-corrected chi connectivity index (χ1v) is 5.44. The highest BCUT2D eigenvalue weighted by molar-refractivity contribution is 4.86. The van der Waals surface area contributed by atoms with E-state index in [0.29, 0.717) is 18.0 Å². The van der Waals surface area contributed by atoms with E-state index in [1.165, 1.54) is 6.42 Å². The zero-order valence-corrected chi connectivity index (χ0v) is 9.33. The van der Waals surface area contributed by atoms with Crippen molar-refractivity contribution in [2.75, 3.05) is 7.05 Å². The monoisotopic (exact) mass is 185 g/mol. The standard InChI is InChI=1S/C11H23NO/c1-8(2)9(3)12(4)10-6-5-7-11(10)13/h8-11,13H,5-7H2,1-4H3/t9?,10-,11-/m0/s1. The van der Waals surface area contributed by atoms with Crippen molar-refractivity contribution >= 4 is 0 Å². The Bertz CT molecular complexity index is 158. The van der Waals surface area contributed by atoms with Crippen LogP contribution in [-0.2, 0) is 0 Å². The topological polar surface area (TPSA) is 23.5 Å². The van der Waals surface area contributed by atoms with Crippen molar-refractivity contribution in [3.63, 3.8) is 0 Å². The van der Waals surface area contributed by atoms with Gasteiger partial charge in [-0.1, -0.05) is 13.8 Å². The summed E-state index contributed by atoms with van der Waals surface area (Å²) in [6.45, 7) is 6.72. The SMILES string of the molecule is CC(C)C(C)N(C)[C@H]1CCC[C@@H]1O. The van der Waals surface area contributed by atoms with Crippen LogP contribution in [0.2, 0.25) is 0 Å². The molecule has 0 aliphatic heterocycles. The maximum atomic E-state index is 9.75. The van der Waals surface area contributed by atoms with Crippen LogP contribution >= 0.6 is 0 Å². The Morgan fingerprint density at radius 1 is 1.23 bits per heavy atom. The van der Waals surface area contributed by atoms with E-state index in [9.17, 15) is 5.11 Å². The van der Waals surface area contributed by atoms with Crippen LogP contribution in [0.15, 0.2) is 0 Å². The number of nitrogens with zero attached hydrogens (tertiary/aromatic N) is 1. The first-order chi connectivity index (χ1) is 6.04. The molecule has 0 radical (unpaired) electrons.